The molecule has 2 aliphatic carbocycles. The van der Waals surface area contributed by atoms with E-state index in [4.69, 9.17) is 4.74 Å². The second-order valence-electron chi connectivity index (χ2n) is 8.83. The minimum atomic E-state index is -1.95. The molecule has 0 radical (unpaired) electrons. The Morgan fingerprint density at radius 1 is 0.844 bits per heavy atom. The average molecular weight is 565 g/mol. The number of fused-ring (bicyclic) bond motifs is 1. The minimum Gasteiger partial charge on any atom is -0.147 e. The van der Waals surface area contributed by atoms with Crippen molar-refractivity contribution in [2.24, 2.45) is 5.92 Å². The van der Waals surface area contributed by atoms with Gasteiger partial charge < -0.3 is 0 Å². The van der Waals surface area contributed by atoms with Crippen LogP contribution in [0.1, 0.15) is 48.0 Å². The quantitative estimate of drug-likeness (QED) is 0.341. The Morgan fingerprint density at radius 2 is 1.44 bits per heavy atom. The largest absolute Gasteiger partial charge is 0.147 e. The number of halogens is 2. The molecule has 2 aliphatic rings. The first-order valence-corrected chi connectivity index (χ1v) is 19.7. The van der Waals surface area contributed by atoms with Gasteiger partial charge in [-0.1, -0.05) is 0 Å². The summed E-state index contributed by atoms with van der Waals surface area (Å²) in [5.74, 6) is 1.61. The van der Waals surface area contributed by atoms with E-state index in [1.807, 2.05) is 3.28 Å². The predicted molar refractivity (Wildman–Crippen MR) is 141 cm³/mol. The van der Waals surface area contributed by atoms with Crippen molar-refractivity contribution in [3.8, 4) is 5.75 Å². The number of allylic oxidation sites excluding steroid dienone is 5. The molecular formula is C27H34Cl2OSiZr. The van der Waals surface area contributed by atoms with Gasteiger partial charge >= 0.3 is 191 Å². The van der Waals surface area contributed by atoms with Crippen LogP contribution in [0.3, 0.4) is 0 Å². The van der Waals surface area contributed by atoms with Crippen LogP contribution in [-0.2, 0) is 20.4 Å². The van der Waals surface area contributed by atoms with Crippen molar-refractivity contribution in [2.75, 3.05) is 7.11 Å². The van der Waals surface area contributed by atoms with Gasteiger partial charge in [-0.15, -0.1) is 24.8 Å². The molecule has 2 aromatic carbocycles. The van der Waals surface area contributed by atoms with Gasteiger partial charge in [-0.25, -0.2) is 0 Å². The third kappa shape index (κ3) is 4.56. The fraction of sp³-hybridized carbons (Fsp3) is 0.333. The van der Waals surface area contributed by atoms with Gasteiger partial charge in [0, 0.05) is 0 Å². The van der Waals surface area contributed by atoms with Crippen LogP contribution in [0, 0.1) is 5.92 Å². The van der Waals surface area contributed by atoms with Gasteiger partial charge in [0.2, 0.25) is 0 Å². The third-order valence-corrected chi connectivity index (χ3v) is 25.7. The molecule has 170 valence electrons. The Balaban J connectivity index is 0.00000181. The van der Waals surface area contributed by atoms with Crippen LogP contribution in [0.25, 0.3) is 5.57 Å². The van der Waals surface area contributed by atoms with Crippen LogP contribution >= 0.6 is 24.8 Å². The van der Waals surface area contributed by atoms with E-state index in [1.165, 1.54) is 16.7 Å². The maximum absolute atomic E-state index is 5.74. The smallest absolute Gasteiger partial charge is 0.147 e. The fourth-order valence-electron chi connectivity index (χ4n) is 5.25. The molecule has 4 rings (SSSR count). The number of rotatable bonds is 4. The van der Waals surface area contributed by atoms with Crippen molar-refractivity contribution < 1.29 is 25.1 Å². The topological polar surface area (TPSA) is 9.23 Å². The number of methoxy groups -OCH3 is 1. The van der Waals surface area contributed by atoms with Gasteiger partial charge in [-0.3, -0.25) is 0 Å². The molecule has 2 atom stereocenters. The molecule has 0 saturated carbocycles. The summed E-state index contributed by atoms with van der Waals surface area (Å²) in [6.07, 6.45) is 2.63. The van der Waals surface area contributed by atoms with E-state index in [2.05, 4.69) is 95.4 Å². The monoisotopic (exact) mass is 562 g/mol. The van der Waals surface area contributed by atoms with E-state index >= 15 is 0 Å². The van der Waals surface area contributed by atoms with Gasteiger partial charge in [0.1, 0.15) is 0 Å². The SMILES string of the molecule is COc1ccccc1C1=C[CH]([Zr]([C]2=C(C)C(C)=C(C)C2C)=[Si](C)C)c2ccccc21.Cl.Cl. The summed E-state index contributed by atoms with van der Waals surface area (Å²) in [6, 6.07) is 17.6. The van der Waals surface area contributed by atoms with Crippen molar-refractivity contribution in [3.63, 3.8) is 0 Å². The van der Waals surface area contributed by atoms with Crippen LogP contribution in [0.5, 0.6) is 5.75 Å². The zero-order chi connectivity index (χ0) is 21.6. The molecule has 32 heavy (non-hydrogen) atoms. The molecule has 0 aliphatic heterocycles. The van der Waals surface area contributed by atoms with Gasteiger partial charge in [0.05, 0.1) is 0 Å². The van der Waals surface area contributed by atoms with Crippen LogP contribution in [0.15, 0.2) is 74.6 Å². The molecular weight excluding hydrogens is 531 g/mol. The predicted octanol–water partition coefficient (Wildman–Crippen LogP) is 8.15. The summed E-state index contributed by atoms with van der Waals surface area (Å²) in [5, 5.41) is 0. The van der Waals surface area contributed by atoms with E-state index in [-0.39, 0.29) is 30.2 Å². The summed E-state index contributed by atoms with van der Waals surface area (Å²) in [5.41, 5.74) is 9.99. The summed E-state index contributed by atoms with van der Waals surface area (Å²) in [4.78, 5) is 0. The molecule has 0 amide bonds. The second kappa shape index (κ2) is 11.0. The van der Waals surface area contributed by atoms with Gasteiger partial charge in [0.15, 0.2) is 0 Å². The van der Waals surface area contributed by atoms with Crippen LogP contribution in [-0.4, -0.2) is 12.5 Å². The number of para-hydroxylation sites is 1. The Kier molecular flexibility index (Phi) is 9.45. The fourth-order valence-corrected chi connectivity index (χ4v) is 24.9. The molecule has 0 heterocycles. The van der Waals surface area contributed by atoms with E-state index in [0.717, 1.165) is 5.75 Å². The summed E-state index contributed by atoms with van der Waals surface area (Å²) < 4.78 is 8.25. The van der Waals surface area contributed by atoms with Crippen LogP contribution < -0.4 is 4.74 Å². The number of ether oxygens (including phenoxy) is 1. The first-order valence-electron chi connectivity index (χ1n) is 10.9. The first-order chi connectivity index (χ1) is 14.4. The number of benzene rings is 2. The van der Waals surface area contributed by atoms with E-state index < -0.39 is 20.4 Å². The van der Waals surface area contributed by atoms with Gasteiger partial charge in [-0.05, 0) is 0 Å². The van der Waals surface area contributed by atoms with Crippen molar-refractivity contribution in [1.29, 1.82) is 0 Å². The number of hydrogen-bond acceptors (Lipinski definition) is 1. The molecule has 0 fully saturated rings. The molecule has 0 spiro atoms. The first kappa shape index (κ1) is 27.4. The second-order valence-corrected chi connectivity index (χ2v) is 26.3. The Bertz CT molecular complexity index is 1160. The maximum Gasteiger partial charge on any atom is -0.147 e. The van der Waals surface area contributed by atoms with Crippen molar-refractivity contribution in [1.82, 2.24) is 0 Å². The Hall–Kier alpha value is -0.860. The third-order valence-electron chi connectivity index (χ3n) is 7.10. The Morgan fingerprint density at radius 3 is 2.00 bits per heavy atom. The van der Waals surface area contributed by atoms with Crippen molar-refractivity contribution in [2.45, 2.75) is 44.4 Å². The van der Waals surface area contributed by atoms with Gasteiger partial charge in [0.25, 0.3) is 0 Å². The molecule has 5 heteroatoms. The molecule has 0 bridgehead atoms. The van der Waals surface area contributed by atoms with E-state index in [1.54, 1.807) is 29.4 Å². The van der Waals surface area contributed by atoms with E-state index in [9.17, 15) is 0 Å². The number of hydrogen-bond donors (Lipinski definition) is 0. The summed E-state index contributed by atoms with van der Waals surface area (Å²) >= 11 is -1.95. The summed E-state index contributed by atoms with van der Waals surface area (Å²) in [6.45, 7) is 14.7. The zero-order valence-corrected chi connectivity index (χ0v) is 25.2. The molecule has 2 aromatic rings. The molecule has 0 saturated heterocycles. The molecule has 2 unspecified atom stereocenters. The summed E-state index contributed by atoms with van der Waals surface area (Å²) in [7, 11) is 1.78. The molecule has 0 aromatic heterocycles. The standard InChI is InChI=1S/C16H13O.C9H13.C2H6Si.2ClH.Zr/c1-17-16-9-5-4-8-15(16)14-11-10-12-6-2-3-7-13(12)14;1-6-5-7(2)9(4)8(6)3;1-3-2;;;/h2-11H,1H3;6H,1-4H3;1-2H3;2*1H;. The zero-order valence-electron chi connectivity index (χ0n) is 20.1. The van der Waals surface area contributed by atoms with Crippen molar-refractivity contribution in [3.05, 3.63) is 91.3 Å². The maximum atomic E-state index is 5.74. The molecule has 1 nitrogen and oxygen atoms in total. The van der Waals surface area contributed by atoms with Crippen molar-refractivity contribution >= 4 is 35.8 Å². The van der Waals surface area contributed by atoms with Crippen LogP contribution in [0.2, 0.25) is 13.1 Å². The van der Waals surface area contributed by atoms with Crippen LogP contribution in [0.4, 0.5) is 0 Å². The Labute approximate surface area is 214 Å². The molecule has 0 N–H and O–H groups in total. The van der Waals surface area contributed by atoms with E-state index in [0.29, 0.717) is 9.54 Å². The van der Waals surface area contributed by atoms with Gasteiger partial charge in [-0.2, -0.15) is 0 Å². The average Bonchev–Trinajstić information content (AvgIpc) is 3.21. The normalized spacial score (nSPS) is 19.2. The minimum absolute atomic E-state index is 0.